The molecule has 1 aromatic carbocycles. The number of methoxy groups -OCH3 is 1. The van der Waals surface area contributed by atoms with Gasteiger partial charge in [0.25, 0.3) is 0 Å². The van der Waals surface area contributed by atoms with Gasteiger partial charge in [0.05, 0.1) is 19.3 Å². The molecule has 0 bridgehead atoms. The van der Waals surface area contributed by atoms with Gasteiger partial charge in [-0.15, -0.1) is 11.3 Å². The van der Waals surface area contributed by atoms with Crippen LogP contribution in [0.25, 0.3) is 11.3 Å². The van der Waals surface area contributed by atoms with Crippen LogP contribution in [0.1, 0.15) is 18.7 Å². The fourth-order valence-electron chi connectivity index (χ4n) is 2.28. The van der Waals surface area contributed by atoms with E-state index in [2.05, 4.69) is 15.2 Å². The van der Waals surface area contributed by atoms with E-state index in [1.54, 1.807) is 7.11 Å². The standard InChI is InChI=1S/C17H23N3O2S/c1-5-20(6-2)11-15(21)18-17-19-16(12(3)23-17)13-7-9-14(22-4)10-8-13/h7-10H,5-6,11H2,1-4H3,(H,18,19,21). The van der Waals surface area contributed by atoms with Gasteiger partial charge in [-0.2, -0.15) is 0 Å². The normalized spacial score (nSPS) is 10.8. The molecule has 0 unspecified atom stereocenters. The van der Waals surface area contributed by atoms with Gasteiger partial charge < -0.3 is 10.1 Å². The van der Waals surface area contributed by atoms with Crippen LogP contribution in [-0.4, -0.2) is 42.5 Å². The molecular weight excluding hydrogens is 310 g/mol. The fraction of sp³-hybridized carbons (Fsp3) is 0.412. The third kappa shape index (κ3) is 4.53. The second kappa shape index (κ2) is 8.08. The van der Waals surface area contributed by atoms with E-state index >= 15 is 0 Å². The van der Waals surface area contributed by atoms with Crippen molar-refractivity contribution in [2.75, 3.05) is 32.1 Å². The Bertz CT molecular complexity index is 648. The number of aryl methyl sites for hydroxylation is 1. The zero-order chi connectivity index (χ0) is 16.8. The van der Waals surface area contributed by atoms with Gasteiger partial charge in [-0.05, 0) is 44.3 Å². The molecule has 0 saturated carbocycles. The summed E-state index contributed by atoms with van der Waals surface area (Å²) in [6.45, 7) is 8.22. The summed E-state index contributed by atoms with van der Waals surface area (Å²) < 4.78 is 5.17. The van der Waals surface area contributed by atoms with Gasteiger partial charge >= 0.3 is 0 Å². The Morgan fingerprint density at radius 3 is 2.48 bits per heavy atom. The molecule has 2 aromatic rings. The summed E-state index contributed by atoms with van der Waals surface area (Å²) in [5.41, 5.74) is 1.92. The monoisotopic (exact) mass is 333 g/mol. The summed E-state index contributed by atoms with van der Waals surface area (Å²) >= 11 is 1.50. The van der Waals surface area contributed by atoms with Crippen LogP contribution in [0.4, 0.5) is 5.13 Å². The highest BCUT2D eigenvalue weighted by Gasteiger charge is 2.13. The topological polar surface area (TPSA) is 54.5 Å². The molecule has 1 aromatic heterocycles. The second-order valence-corrected chi connectivity index (χ2v) is 6.37. The lowest BCUT2D eigenvalue weighted by Gasteiger charge is -2.16. The van der Waals surface area contributed by atoms with E-state index in [-0.39, 0.29) is 5.91 Å². The molecule has 2 rings (SSSR count). The number of amides is 1. The number of aromatic nitrogens is 1. The van der Waals surface area contributed by atoms with E-state index in [1.165, 1.54) is 11.3 Å². The van der Waals surface area contributed by atoms with Crippen LogP contribution in [0, 0.1) is 6.92 Å². The van der Waals surface area contributed by atoms with Gasteiger partial charge in [-0.3, -0.25) is 9.69 Å². The first kappa shape index (κ1) is 17.4. The Kier molecular flexibility index (Phi) is 6.12. The van der Waals surface area contributed by atoms with Gasteiger partial charge in [0.1, 0.15) is 5.75 Å². The minimum atomic E-state index is -0.0243. The van der Waals surface area contributed by atoms with Crippen LogP contribution in [0.15, 0.2) is 24.3 Å². The number of rotatable bonds is 7. The maximum Gasteiger partial charge on any atom is 0.240 e. The molecule has 0 aliphatic rings. The number of carbonyl (C=O) groups is 1. The molecule has 1 heterocycles. The molecule has 0 saturated heterocycles. The Labute approximate surface area is 141 Å². The zero-order valence-corrected chi connectivity index (χ0v) is 14.9. The van der Waals surface area contributed by atoms with Crippen molar-refractivity contribution in [3.63, 3.8) is 0 Å². The molecule has 0 aliphatic carbocycles. The Morgan fingerprint density at radius 2 is 1.91 bits per heavy atom. The first-order chi connectivity index (χ1) is 11.1. The average molecular weight is 333 g/mol. The first-order valence-corrected chi connectivity index (χ1v) is 8.53. The molecular formula is C17H23N3O2S. The van der Waals surface area contributed by atoms with Gasteiger partial charge in [-0.25, -0.2) is 4.98 Å². The SMILES string of the molecule is CCN(CC)CC(=O)Nc1nc(-c2ccc(OC)cc2)c(C)s1. The number of nitrogens with one attached hydrogen (secondary N) is 1. The Balaban J connectivity index is 2.09. The van der Waals surface area contributed by atoms with Crippen LogP contribution in [-0.2, 0) is 4.79 Å². The van der Waals surface area contributed by atoms with E-state index in [1.807, 2.05) is 45.0 Å². The maximum atomic E-state index is 12.1. The molecule has 5 nitrogen and oxygen atoms in total. The number of ether oxygens (including phenoxy) is 1. The van der Waals surface area contributed by atoms with Crippen LogP contribution in [0.5, 0.6) is 5.75 Å². The molecule has 6 heteroatoms. The maximum absolute atomic E-state index is 12.1. The molecule has 0 spiro atoms. The fourth-order valence-corrected chi connectivity index (χ4v) is 3.13. The zero-order valence-electron chi connectivity index (χ0n) is 14.0. The van der Waals surface area contributed by atoms with Crippen LogP contribution >= 0.6 is 11.3 Å². The second-order valence-electron chi connectivity index (χ2n) is 5.16. The van der Waals surface area contributed by atoms with E-state index < -0.39 is 0 Å². The van der Waals surface area contributed by atoms with Crippen molar-refractivity contribution in [2.24, 2.45) is 0 Å². The first-order valence-electron chi connectivity index (χ1n) is 7.71. The summed E-state index contributed by atoms with van der Waals surface area (Å²) in [5, 5.41) is 3.54. The van der Waals surface area contributed by atoms with Crippen molar-refractivity contribution in [1.29, 1.82) is 0 Å². The summed E-state index contributed by atoms with van der Waals surface area (Å²) in [5.74, 6) is 0.790. The lowest BCUT2D eigenvalue weighted by Crippen LogP contribution is -2.32. The molecule has 0 atom stereocenters. The molecule has 0 aliphatic heterocycles. The number of likely N-dealkylation sites (N-methyl/N-ethyl adjacent to an activating group) is 1. The summed E-state index contributed by atoms with van der Waals surface area (Å²) in [6, 6.07) is 7.77. The van der Waals surface area contributed by atoms with Crippen molar-refractivity contribution in [3.05, 3.63) is 29.1 Å². The lowest BCUT2D eigenvalue weighted by molar-refractivity contribution is -0.117. The quantitative estimate of drug-likeness (QED) is 0.844. The largest absolute Gasteiger partial charge is 0.497 e. The lowest BCUT2D eigenvalue weighted by atomic mass is 10.1. The number of thiazole rings is 1. The number of carbonyl (C=O) groups excluding carboxylic acids is 1. The van der Waals surface area contributed by atoms with E-state index in [0.717, 1.165) is 35.0 Å². The van der Waals surface area contributed by atoms with Crippen LogP contribution in [0.2, 0.25) is 0 Å². The molecule has 124 valence electrons. The number of hydrogen-bond acceptors (Lipinski definition) is 5. The van der Waals surface area contributed by atoms with E-state index in [4.69, 9.17) is 4.74 Å². The molecule has 1 amide bonds. The molecule has 23 heavy (non-hydrogen) atoms. The Hall–Kier alpha value is -1.92. The van der Waals surface area contributed by atoms with Crippen LogP contribution < -0.4 is 10.1 Å². The number of nitrogens with zero attached hydrogens (tertiary/aromatic N) is 2. The van der Waals surface area contributed by atoms with E-state index in [9.17, 15) is 4.79 Å². The van der Waals surface area contributed by atoms with Crippen molar-refractivity contribution in [2.45, 2.75) is 20.8 Å². The van der Waals surface area contributed by atoms with E-state index in [0.29, 0.717) is 11.7 Å². The van der Waals surface area contributed by atoms with Gasteiger partial charge in [0.2, 0.25) is 5.91 Å². The van der Waals surface area contributed by atoms with Crippen molar-refractivity contribution in [3.8, 4) is 17.0 Å². The van der Waals surface area contributed by atoms with Crippen molar-refractivity contribution < 1.29 is 9.53 Å². The highest BCUT2D eigenvalue weighted by Crippen LogP contribution is 2.31. The average Bonchev–Trinajstić information content (AvgIpc) is 2.92. The smallest absolute Gasteiger partial charge is 0.240 e. The molecule has 0 radical (unpaired) electrons. The molecule has 0 fully saturated rings. The van der Waals surface area contributed by atoms with Gasteiger partial charge in [-0.1, -0.05) is 13.8 Å². The predicted octanol–water partition coefficient (Wildman–Crippen LogP) is 3.41. The minimum Gasteiger partial charge on any atom is -0.497 e. The number of hydrogen-bond donors (Lipinski definition) is 1. The van der Waals surface area contributed by atoms with Gasteiger partial charge in [0.15, 0.2) is 5.13 Å². The number of anilines is 1. The summed E-state index contributed by atoms with van der Waals surface area (Å²) in [7, 11) is 1.65. The highest BCUT2D eigenvalue weighted by atomic mass is 32.1. The third-order valence-corrected chi connectivity index (χ3v) is 4.55. The number of benzene rings is 1. The van der Waals surface area contributed by atoms with Crippen molar-refractivity contribution in [1.82, 2.24) is 9.88 Å². The highest BCUT2D eigenvalue weighted by molar-refractivity contribution is 7.16. The van der Waals surface area contributed by atoms with Crippen LogP contribution in [0.3, 0.4) is 0 Å². The van der Waals surface area contributed by atoms with Gasteiger partial charge in [0, 0.05) is 10.4 Å². The van der Waals surface area contributed by atoms with Crippen molar-refractivity contribution >= 4 is 22.4 Å². The summed E-state index contributed by atoms with van der Waals surface area (Å²) in [6.07, 6.45) is 0. The molecule has 1 N–H and O–H groups in total. The Morgan fingerprint density at radius 1 is 1.26 bits per heavy atom. The summed E-state index contributed by atoms with van der Waals surface area (Å²) in [4.78, 5) is 19.8. The predicted molar refractivity (Wildman–Crippen MR) is 95.3 cm³/mol. The third-order valence-electron chi connectivity index (χ3n) is 3.67. The minimum absolute atomic E-state index is 0.0243.